The van der Waals surface area contributed by atoms with Gasteiger partial charge in [-0.05, 0) is 32.4 Å². The van der Waals surface area contributed by atoms with Gasteiger partial charge in [0.1, 0.15) is 0 Å². The molecule has 1 saturated heterocycles. The summed E-state index contributed by atoms with van der Waals surface area (Å²) >= 11 is 0. The van der Waals surface area contributed by atoms with E-state index in [1.807, 2.05) is 49.9 Å². The highest BCUT2D eigenvalue weighted by atomic mass is 16.5. The van der Waals surface area contributed by atoms with Crippen molar-refractivity contribution in [2.75, 3.05) is 18.5 Å². The van der Waals surface area contributed by atoms with Gasteiger partial charge in [0, 0.05) is 13.1 Å². The number of ether oxygens (including phenoxy) is 1. The number of anilines is 1. The van der Waals surface area contributed by atoms with E-state index in [1.165, 1.54) is 0 Å². The van der Waals surface area contributed by atoms with Crippen LogP contribution in [-0.2, 0) is 4.74 Å². The van der Waals surface area contributed by atoms with Gasteiger partial charge in [-0.15, -0.1) is 5.10 Å². The summed E-state index contributed by atoms with van der Waals surface area (Å²) in [6.45, 7) is 7.67. The lowest BCUT2D eigenvalue weighted by Gasteiger charge is -2.35. The van der Waals surface area contributed by atoms with E-state index < -0.39 is 0 Å². The van der Waals surface area contributed by atoms with Gasteiger partial charge in [-0.2, -0.15) is 0 Å². The van der Waals surface area contributed by atoms with Crippen LogP contribution >= 0.6 is 0 Å². The quantitative estimate of drug-likeness (QED) is 0.484. The van der Waals surface area contributed by atoms with Crippen molar-refractivity contribution < 1.29 is 4.74 Å². The van der Waals surface area contributed by atoms with Crippen molar-refractivity contribution in [1.82, 2.24) is 4.90 Å². The number of nitrogens with two attached hydrogens (primary N) is 1. The number of nitrogens with zero attached hydrogens (tertiary/aromatic N) is 2. The zero-order valence-corrected chi connectivity index (χ0v) is 11.8. The van der Waals surface area contributed by atoms with Crippen LogP contribution in [0.15, 0.2) is 29.4 Å². The van der Waals surface area contributed by atoms with Gasteiger partial charge in [-0.1, -0.05) is 18.2 Å². The molecule has 104 valence electrons. The predicted molar refractivity (Wildman–Crippen MR) is 78.0 cm³/mol. The molecule has 5 heteroatoms. The Hall–Kier alpha value is -1.75. The monoisotopic (exact) mass is 262 g/mol. The van der Waals surface area contributed by atoms with Gasteiger partial charge in [0.25, 0.3) is 0 Å². The van der Waals surface area contributed by atoms with Gasteiger partial charge in [0.15, 0.2) is 0 Å². The molecule has 1 aliphatic heterocycles. The van der Waals surface area contributed by atoms with Crippen LogP contribution in [0.3, 0.4) is 0 Å². The van der Waals surface area contributed by atoms with Crippen LogP contribution in [0.25, 0.3) is 0 Å². The number of morpholine rings is 1. The number of nitrogens with one attached hydrogen (secondary N) is 1. The molecule has 1 fully saturated rings. The van der Waals surface area contributed by atoms with Crippen LogP contribution < -0.4 is 11.2 Å². The number of aryl methyl sites for hydroxylation is 1. The summed E-state index contributed by atoms with van der Waals surface area (Å²) in [7, 11) is 0. The van der Waals surface area contributed by atoms with E-state index in [-0.39, 0.29) is 12.2 Å². The first-order valence-corrected chi connectivity index (χ1v) is 6.61. The third-order valence-electron chi connectivity index (χ3n) is 3.18. The van der Waals surface area contributed by atoms with E-state index in [4.69, 9.17) is 10.5 Å². The SMILES string of the molecule is Cc1ccccc1N/N=C(\N)N1CC(C)OC(C)C1. The van der Waals surface area contributed by atoms with E-state index in [0.717, 1.165) is 24.3 Å². The van der Waals surface area contributed by atoms with Crippen molar-refractivity contribution in [2.24, 2.45) is 10.8 Å². The van der Waals surface area contributed by atoms with Crippen LogP contribution in [0.1, 0.15) is 19.4 Å². The Kier molecular flexibility index (Phi) is 4.27. The Labute approximate surface area is 114 Å². The second-order valence-electron chi connectivity index (χ2n) is 5.06. The number of hydrazone groups is 1. The first kappa shape index (κ1) is 13.7. The fourth-order valence-corrected chi connectivity index (χ4v) is 2.25. The lowest BCUT2D eigenvalue weighted by atomic mass is 10.2. The Morgan fingerprint density at radius 3 is 2.58 bits per heavy atom. The summed E-state index contributed by atoms with van der Waals surface area (Å²) < 4.78 is 5.68. The molecule has 0 saturated carbocycles. The number of rotatable bonds is 2. The average Bonchev–Trinajstić information content (AvgIpc) is 2.36. The minimum atomic E-state index is 0.177. The molecule has 1 aromatic rings. The number of guanidine groups is 1. The maximum atomic E-state index is 6.03. The lowest BCUT2D eigenvalue weighted by Crippen LogP contribution is -2.51. The topological polar surface area (TPSA) is 62.9 Å². The molecular weight excluding hydrogens is 240 g/mol. The minimum absolute atomic E-state index is 0.177. The molecule has 2 rings (SSSR count). The zero-order chi connectivity index (χ0) is 13.8. The standard InChI is InChI=1S/C14H22N4O/c1-10-6-4-5-7-13(10)16-17-14(15)18-8-11(2)19-12(3)9-18/h4-7,11-12,16H,8-9H2,1-3H3,(H2,15,17). The van der Waals surface area contributed by atoms with Crippen LogP contribution in [-0.4, -0.2) is 36.2 Å². The summed E-state index contributed by atoms with van der Waals surface area (Å²) in [5.41, 5.74) is 11.2. The highest BCUT2D eigenvalue weighted by molar-refractivity contribution is 5.79. The average molecular weight is 262 g/mol. The smallest absolute Gasteiger partial charge is 0.214 e. The summed E-state index contributed by atoms with van der Waals surface area (Å²) in [5.74, 6) is 0.505. The second kappa shape index (κ2) is 5.93. The third kappa shape index (κ3) is 3.61. The van der Waals surface area contributed by atoms with Crippen LogP contribution in [0, 0.1) is 6.92 Å². The van der Waals surface area contributed by atoms with E-state index >= 15 is 0 Å². The maximum Gasteiger partial charge on any atom is 0.214 e. The van der Waals surface area contributed by atoms with Gasteiger partial charge in [-0.25, -0.2) is 0 Å². The summed E-state index contributed by atoms with van der Waals surface area (Å²) in [4.78, 5) is 2.05. The summed E-state index contributed by atoms with van der Waals surface area (Å²) in [6.07, 6.45) is 0.354. The lowest BCUT2D eigenvalue weighted by molar-refractivity contribution is -0.0483. The summed E-state index contributed by atoms with van der Waals surface area (Å²) in [5, 5.41) is 4.26. The molecule has 1 aliphatic rings. The molecular formula is C14H22N4O. The van der Waals surface area contributed by atoms with Crippen molar-refractivity contribution in [3.8, 4) is 0 Å². The zero-order valence-electron chi connectivity index (χ0n) is 11.8. The fraction of sp³-hybridized carbons (Fsp3) is 0.500. The molecule has 0 aromatic heterocycles. The molecule has 2 unspecified atom stereocenters. The Morgan fingerprint density at radius 2 is 1.95 bits per heavy atom. The maximum absolute atomic E-state index is 6.03. The molecule has 0 bridgehead atoms. The molecule has 0 radical (unpaired) electrons. The highest BCUT2D eigenvalue weighted by Gasteiger charge is 2.23. The number of benzene rings is 1. The van der Waals surface area contributed by atoms with Crippen LogP contribution in [0.5, 0.6) is 0 Å². The van der Waals surface area contributed by atoms with Crippen molar-refractivity contribution in [1.29, 1.82) is 0 Å². The number of hydrogen-bond acceptors (Lipinski definition) is 3. The first-order chi connectivity index (χ1) is 9.06. The third-order valence-corrected chi connectivity index (χ3v) is 3.18. The van der Waals surface area contributed by atoms with E-state index in [9.17, 15) is 0 Å². The van der Waals surface area contributed by atoms with E-state index in [2.05, 4.69) is 10.5 Å². The van der Waals surface area contributed by atoms with Gasteiger partial charge >= 0.3 is 0 Å². The molecule has 1 aromatic carbocycles. The molecule has 1 heterocycles. The number of para-hydroxylation sites is 1. The fourth-order valence-electron chi connectivity index (χ4n) is 2.25. The van der Waals surface area contributed by atoms with Crippen LogP contribution in [0.2, 0.25) is 0 Å². The molecule has 3 N–H and O–H groups in total. The number of hydrogen-bond donors (Lipinski definition) is 2. The molecule has 5 nitrogen and oxygen atoms in total. The largest absolute Gasteiger partial charge is 0.372 e. The Morgan fingerprint density at radius 1 is 1.32 bits per heavy atom. The van der Waals surface area contributed by atoms with Crippen molar-refractivity contribution >= 4 is 11.6 Å². The van der Waals surface area contributed by atoms with Crippen LogP contribution in [0.4, 0.5) is 5.69 Å². The van der Waals surface area contributed by atoms with Crippen molar-refractivity contribution in [2.45, 2.75) is 33.0 Å². The Balaban J connectivity index is 2.01. The molecule has 0 spiro atoms. The second-order valence-corrected chi connectivity index (χ2v) is 5.06. The normalized spacial score (nSPS) is 24.4. The van der Waals surface area contributed by atoms with Gasteiger partial charge in [-0.3, -0.25) is 5.43 Å². The van der Waals surface area contributed by atoms with Gasteiger partial charge in [0.05, 0.1) is 17.9 Å². The van der Waals surface area contributed by atoms with E-state index in [0.29, 0.717) is 5.96 Å². The molecule has 0 aliphatic carbocycles. The Bertz CT molecular complexity index is 451. The van der Waals surface area contributed by atoms with E-state index in [1.54, 1.807) is 0 Å². The molecule has 2 atom stereocenters. The van der Waals surface area contributed by atoms with Gasteiger partial charge < -0.3 is 15.4 Å². The van der Waals surface area contributed by atoms with Crippen molar-refractivity contribution in [3.63, 3.8) is 0 Å². The predicted octanol–water partition coefficient (Wildman–Crippen LogP) is 1.75. The first-order valence-electron chi connectivity index (χ1n) is 6.61. The summed E-state index contributed by atoms with van der Waals surface area (Å²) in [6, 6.07) is 7.99. The molecule has 0 amide bonds. The van der Waals surface area contributed by atoms with Crippen molar-refractivity contribution in [3.05, 3.63) is 29.8 Å². The van der Waals surface area contributed by atoms with Gasteiger partial charge in [0.2, 0.25) is 5.96 Å². The molecule has 19 heavy (non-hydrogen) atoms. The highest BCUT2D eigenvalue weighted by Crippen LogP contribution is 2.14. The minimum Gasteiger partial charge on any atom is -0.372 e.